The molecule has 0 aliphatic rings. The molecule has 0 fully saturated rings. The molecular formula is C25H26N6O. The molecule has 5 rings (SSSR count). The van der Waals surface area contributed by atoms with Crippen LogP contribution in [-0.2, 0) is 4.79 Å². The van der Waals surface area contributed by atoms with Gasteiger partial charge in [0.05, 0.1) is 28.4 Å². The zero-order chi connectivity index (χ0) is 22.7. The van der Waals surface area contributed by atoms with Gasteiger partial charge >= 0.3 is 0 Å². The van der Waals surface area contributed by atoms with Crippen LogP contribution in [0.15, 0.2) is 60.9 Å². The minimum atomic E-state index is -0.0951. The van der Waals surface area contributed by atoms with E-state index in [0.29, 0.717) is 5.69 Å². The Kier molecular flexibility index (Phi) is 5.98. The van der Waals surface area contributed by atoms with Crippen molar-refractivity contribution in [2.24, 2.45) is 5.92 Å². The molecule has 0 saturated carbocycles. The number of amides is 1. The molecule has 7 nitrogen and oxygen atoms in total. The van der Waals surface area contributed by atoms with Crippen molar-refractivity contribution in [2.75, 3.05) is 5.32 Å². The Balaban J connectivity index is 0.00000119. The average molecular weight is 427 g/mol. The van der Waals surface area contributed by atoms with Gasteiger partial charge in [-0.3, -0.25) is 14.9 Å². The minimum Gasteiger partial charge on any atom is -0.337 e. The Morgan fingerprint density at radius 3 is 2.56 bits per heavy atom. The third kappa shape index (κ3) is 4.09. The average Bonchev–Trinajstić information content (AvgIpc) is 3.44. The van der Waals surface area contributed by atoms with Crippen molar-refractivity contribution in [2.45, 2.75) is 27.7 Å². The van der Waals surface area contributed by atoms with Crippen LogP contribution in [0.25, 0.3) is 44.6 Å². The predicted octanol–water partition coefficient (Wildman–Crippen LogP) is 5.79. The molecule has 1 amide bonds. The topological polar surface area (TPSA) is 99.3 Å². The van der Waals surface area contributed by atoms with Crippen LogP contribution in [0.4, 0.5) is 5.69 Å². The van der Waals surface area contributed by atoms with Gasteiger partial charge in [0.15, 0.2) is 5.82 Å². The number of para-hydroxylation sites is 2. The highest BCUT2D eigenvalue weighted by Crippen LogP contribution is 2.30. The smallest absolute Gasteiger partial charge is 0.226 e. The first kappa shape index (κ1) is 21.2. The second kappa shape index (κ2) is 9.01. The highest BCUT2D eigenvalue weighted by atomic mass is 16.1. The van der Waals surface area contributed by atoms with Crippen molar-refractivity contribution in [3.05, 3.63) is 60.9 Å². The van der Waals surface area contributed by atoms with Crippen LogP contribution in [0.5, 0.6) is 0 Å². The fourth-order valence-corrected chi connectivity index (χ4v) is 3.39. The Morgan fingerprint density at radius 2 is 1.78 bits per heavy atom. The number of hydrogen-bond acceptors (Lipinski definition) is 4. The van der Waals surface area contributed by atoms with E-state index in [1.807, 2.05) is 70.2 Å². The lowest BCUT2D eigenvalue weighted by atomic mass is 10.0. The Hall–Kier alpha value is -4.00. The van der Waals surface area contributed by atoms with E-state index in [2.05, 4.69) is 36.5 Å². The highest BCUT2D eigenvalue weighted by Gasteiger charge is 2.14. The first-order valence-corrected chi connectivity index (χ1v) is 10.8. The molecule has 0 unspecified atom stereocenters. The van der Waals surface area contributed by atoms with Gasteiger partial charge in [-0.05, 0) is 35.9 Å². The summed E-state index contributed by atoms with van der Waals surface area (Å²) >= 11 is 0. The van der Waals surface area contributed by atoms with Crippen LogP contribution in [0, 0.1) is 5.92 Å². The number of aromatic nitrogens is 5. The highest BCUT2D eigenvalue weighted by molar-refractivity contribution is 5.96. The van der Waals surface area contributed by atoms with Crippen molar-refractivity contribution in [3.63, 3.8) is 0 Å². The minimum absolute atomic E-state index is 0.0357. The van der Waals surface area contributed by atoms with Gasteiger partial charge in [0.2, 0.25) is 5.91 Å². The van der Waals surface area contributed by atoms with Crippen molar-refractivity contribution in [1.82, 2.24) is 25.1 Å². The second-order valence-electron chi connectivity index (χ2n) is 7.54. The third-order valence-corrected chi connectivity index (χ3v) is 5.04. The second-order valence-corrected chi connectivity index (χ2v) is 7.54. The van der Waals surface area contributed by atoms with Gasteiger partial charge in [-0.1, -0.05) is 45.9 Å². The van der Waals surface area contributed by atoms with Gasteiger partial charge in [-0.15, -0.1) is 0 Å². The molecular weight excluding hydrogens is 400 g/mol. The number of pyridine rings is 1. The fourth-order valence-electron chi connectivity index (χ4n) is 3.39. The molecule has 3 aromatic heterocycles. The third-order valence-electron chi connectivity index (χ3n) is 5.04. The maximum atomic E-state index is 12.0. The largest absolute Gasteiger partial charge is 0.337 e. The number of rotatable bonds is 4. The molecule has 5 aromatic rings. The number of fused-ring (bicyclic) bond motifs is 2. The molecule has 2 aromatic carbocycles. The number of imidazole rings is 1. The zero-order valence-electron chi connectivity index (χ0n) is 18.6. The number of hydrogen-bond donors (Lipinski definition) is 3. The Labute approximate surface area is 186 Å². The van der Waals surface area contributed by atoms with E-state index < -0.39 is 0 Å². The van der Waals surface area contributed by atoms with E-state index in [-0.39, 0.29) is 11.8 Å². The lowest BCUT2D eigenvalue weighted by Gasteiger charge is -2.09. The zero-order valence-corrected chi connectivity index (χ0v) is 18.6. The maximum absolute atomic E-state index is 12.0. The number of anilines is 1. The molecule has 32 heavy (non-hydrogen) atoms. The standard InChI is InChI=1S/C23H20N6O.C2H6/c1-13(2)23(30)25-16-9-15(11-24-12-16)14-7-8-18-17(10-14)21(29-28-18)22-26-19-5-3-4-6-20(19)27-22;1-2/h3-13H,1-2H3,(H,25,30)(H,26,27)(H,28,29);1-2H3. The molecule has 3 heterocycles. The Morgan fingerprint density at radius 1 is 0.969 bits per heavy atom. The van der Waals surface area contributed by atoms with Gasteiger partial charge in [0, 0.05) is 23.1 Å². The SMILES string of the molecule is CC.CC(C)C(=O)Nc1cncc(-c2ccc3[nH]nc(-c4nc5ccccc5[nH]4)c3c2)c1. The van der Waals surface area contributed by atoms with Crippen LogP contribution in [0.1, 0.15) is 27.7 Å². The summed E-state index contributed by atoms with van der Waals surface area (Å²) in [6.07, 6.45) is 3.44. The molecule has 7 heteroatoms. The summed E-state index contributed by atoms with van der Waals surface area (Å²) in [4.78, 5) is 24.3. The number of aromatic amines is 2. The molecule has 0 radical (unpaired) electrons. The number of carbonyl (C=O) groups is 1. The number of carbonyl (C=O) groups excluding carboxylic acids is 1. The normalized spacial score (nSPS) is 10.9. The fraction of sp³-hybridized carbons (Fsp3) is 0.200. The van der Waals surface area contributed by atoms with Gasteiger partial charge in [0.1, 0.15) is 5.69 Å². The van der Waals surface area contributed by atoms with Crippen LogP contribution in [-0.4, -0.2) is 31.1 Å². The lowest BCUT2D eigenvalue weighted by Crippen LogP contribution is -2.17. The van der Waals surface area contributed by atoms with E-state index in [1.165, 1.54) is 0 Å². The van der Waals surface area contributed by atoms with Crippen molar-refractivity contribution < 1.29 is 4.79 Å². The molecule has 0 atom stereocenters. The van der Waals surface area contributed by atoms with Gasteiger partial charge < -0.3 is 10.3 Å². The molecule has 0 aliphatic heterocycles. The number of H-pyrrole nitrogens is 2. The number of nitrogens with one attached hydrogen (secondary N) is 3. The van der Waals surface area contributed by atoms with Crippen LogP contribution >= 0.6 is 0 Å². The summed E-state index contributed by atoms with van der Waals surface area (Å²) in [6.45, 7) is 7.72. The van der Waals surface area contributed by atoms with Crippen molar-refractivity contribution in [1.29, 1.82) is 0 Å². The molecule has 0 saturated heterocycles. The molecule has 0 aliphatic carbocycles. The van der Waals surface area contributed by atoms with Crippen molar-refractivity contribution in [3.8, 4) is 22.6 Å². The van der Waals surface area contributed by atoms with E-state index in [4.69, 9.17) is 0 Å². The van der Waals surface area contributed by atoms with E-state index in [1.54, 1.807) is 12.4 Å². The summed E-state index contributed by atoms with van der Waals surface area (Å²) in [5, 5.41) is 11.4. The summed E-state index contributed by atoms with van der Waals surface area (Å²) in [6, 6.07) is 15.9. The first-order chi connectivity index (χ1) is 15.6. The van der Waals surface area contributed by atoms with Crippen molar-refractivity contribution >= 4 is 33.5 Å². The summed E-state index contributed by atoms with van der Waals surface area (Å²) < 4.78 is 0. The van der Waals surface area contributed by atoms with E-state index >= 15 is 0 Å². The quantitative estimate of drug-likeness (QED) is 0.339. The van der Waals surface area contributed by atoms with E-state index in [9.17, 15) is 4.79 Å². The van der Waals surface area contributed by atoms with Gasteiger partial charge in [-0.2, -0.15) is 5.10 Å². The Bertz CT molecular complexity index is 1350. The number of benzene rings is 2. The molecule has 162 valence electrons. The molecule has 0 spiro atoms. The molecule has 0 bridgehead atoms. The maximum Gasteiger partial charge on any atom is 0.226 e. The van der Waals surface area contributed by atoms with Gasteiger partial charge in [0.25, 0.3) is 0 Å². The van der Waals surface area contributed by atoms with Crippen LogP contribution < -0.4 is 5.32 Å². The molecule has 3 N–H and O–H groups in total. The van der Waals surface area contributed by atoms with Gasteiger partial charge in [-0.25, -0.2) is 4.98 Å². The van der Waals surface area contributed by atoms with Crippen LogP contribution in [0.3, 0.4) is 0 Å². The first-order valence-electron chi connectivity index (χ1n) is 10.8. The predicted molar refractivity (Wildman–Crippen MR) is 129 cm³/mol. The van der Waals surface area contributed by atoms with Crippen LogP contribution in [0.2, 0.25) is 0 Å². The summed E-state index contributed by atoms with van der Waals surface area (Å²) in [5.74, 6) is 0.587. The summed E-state index contributed by atoms with van der Waals surface area (Å²) in [5.41, 5.74) is 6.13. The number of nitrogens with zero attached hydrogens (tertiary/aromatic N) is 3. The monoisotopic (exact) mass is 426 g/mol. The summed E-state index contributed by atoms with van der Waals surface area (Å²) in [7, 11) is 0. The van der Waals surface area contributed by atoms with E-state index in [0.717, 1.165) is 44.6 Å². The lowest BCUT2D eigenvalue weighted by molar-refractivity contribution is -0.118.